The van der Waals surface area contributed by atoms with Crippen LogP contribution in [0.5, 0.6) is 0 Å². The van der Waals surface area contributed by atoms with Crippen molar-refractivity contribution in [2.75, 3.05) is 12.3 Å². The van der Waals surface area contributed by atoms with Crippen LogP contribution < -0.4 is 5.73 Å². The molecule has 2 saturated heterocycles. The Labute approximate surface area is 141 Å². The number of nitrogens with zero attached hydrogens (tertiary/aromatic N) is 1. The van der Waals surface area contributed by atoms with Crippen LogP contribution >= 0.6 is 0 Å². The number of piperidine rings is 1. The van der Waals surface area contributed by atoms with E-state index in [1.165, 1.54) is 0 Å². The van der Waals surface area contributed by atoms with Crippen LogP contribution in [0.15, 0.2) is 30.3 Å². The summed E-state index contributed by atoms with van der Waals surface area (Å²) in [5, 5.41) is 0. The predicted molar refractivity (Wildman–Crippen MR) is 90.6 cm³/mol. The highest BCUT2D eigenvalue weighted by molar-refractivity contribution is 6.05. The van der Waals surface area contributed by atoms with Crippen molar-refractivity contribution in [3.63, 3.8) is 0 Å². The van der Waals surface area contributed by atoms with Gasteiger partial charge in [-0.2, -0.15) is 0 Å². The van der Waals surface area contributed by atoms with Crippen molar-refractivity contribution in [2.45, 2.75) is 44.8 Å². The van der Waals surface area contributed by atoms with E-state index in [1.54, 1.807) is 11.0 Å². The molecule has 3 aliphatic rings. The highest BCUT2D eigenvalue weighted by Crippen LogP contribution is 2.61. The average molecular weight is 326 g/mol. The first-order valence-corrected chi connectivity index (χ1v) is 8.64. The van der Waals surface area contributed by atoms with E-state index in [4.69, 9.17) is 10.5 Å². The van der Waals surface area contributed by atoms with Crippen LogP contribution in [0.4, 0.5) is 5.69 Å². The average Bonchev–Trinajstić information content (AvgIpc) is 2.87. The summed E-state index contributed by atoms with van der Waals surface area (Å²) in [6, 6.07) is 7.50. The molecule has 126 valence electrons. The number of benzene rings is 1. The first-order chi connectivity index (χ1) is 11.5. The Kier molecular flexibility index (Phi) is 3.24. The zero-order chi connectivity index (χ0) is 16.9. The van der Waals surface area contributed by atoms with Gasteiger partial charge in [0.05, 0.1) is 0 Å². The smallest absolute Gasteiger partial charge is 0.308 e. The summed E-state index contributed by atoms with van der Waals surface area (Å²) < 4.78 is 6.03. The monoisotopic (exact) mass is 326 g/mol. The van der Waals surface area contributed by atoms with Gasteiger partial charge < -0.3 is 10.5 Å². The Hall–Kier alpha value is -2.30. The molecule has 1 aromatic rings. The van der Waals surface area contributed by atoms with Crippen molar-refractivity contribution in [1.82, 2.24) is 4.90 Å². The van der Waals surface area contributed by atoms with Gasteiger partial charge in [-0.1, -0.05) is 25.1 Å². The van der Waals surface area contributed by atoms with Crippen LogP contribution in [-0.2, 0) is 14.3 Å². The van der Waals surface area contributed by atoms with Crippen molar-refractivity contribution in [3.8, 4) is 0 Å². The highest BCUT2D eigenvalue weighted by Gasteiger charge is 2.66. The van der Waals surface area contributed by atoms with Gasteiger partial charge >= 0.3 is 5.97 Å². The summed E-state index contributed by atoms with van der Waals surface area (Å²) in [7, 11) is 0. The van der Waals surface area contributed by atoms with Gasteiger partial charge in [0.2, 0.25) is 11.6 Å². The minimum absolute atomic E-state index is 0.0829. The molecule has 0 aliphatic carbocycles. The molecule has 0 aromatic heterocycles. The van der Waals surface area contributed by atoms with E-state index < -0.39 is 5.72 Å². The van der Waals surface area contributed by atoms with Crippen LogP contribution in [0.1, 0.15) is 44.6 Å². The van der Waals surface area contributed by atoms with E-state index >= 15 is 0 Å². The highest BCUT2D eigenvalue weighted by atomic mass is 16.6. The summed E-state index contributed by atoms with van der Waals surface area (Å²) in [4.78, 5) is 26.8. The Bertz CT molecular complexity index is 757. The summed E-state index contributed by atoms with van der Waals surface area (Å²) in [5.74, 6) is -0.318. The molecule has 1 spiro atoms. The predicted octanol–water partition coefficient (Wildman–Crippen LogP) is 2.72. The molecule has 2 fully saturated rings. The van der Waals surface area contributed by atoms with Gasteiger partial charge in [0.1, 0.15) is 0 Å². The van der Waals surface area contributed by atoms with Crippen LogP contribution in [0.2, 0.25) is 0 Å². The number of hydrogen-bond donors (Lipinski definition) is 1. The molecule has 4 rings (SSSR count). The molecule has 0 unspecified atom stereocenters. The zero-order valence-corrected chi connectivity index (χ0v) is 13.9. The molecule has 3 heterocycles. The maximum Gasteiger partial charge on any atom is 0.308 e. The summed E-state index contributed by atoms with van der Waals surface area (Å²) >= 11 is 0. The van der Waals surface area contributed by atoms with Crippen molar-refractivity contribution >= 4 is 23.1 Å². The van der Waals surface area contributed by atoms with Gasteiger partial charge in [0.15, 0.2) is 0 Å². The number of amides is 1. The van der Waals surface area contributed by atoms with Gasteiger partial charge in [-0.25, -0.2) is 0 Å². The zero-order valence-electron chi connectivity index (χ0n) is 13.9. The van der Waals surface area contributed by atoms with Crippen molar-refractivity contribution in [3.05, 3.63) is 35.9 Å². The lowest BCUT2D eigenvalue weighted by Crippen LogP contribution is -2.66. The lowest BCUT2D eigenvalue weighted by atomic mass is 9.62. The second-order valence-electron chi connectivity index (χ2n) is 6.99. The number of anilines is 1. The van der Waals surface area contributed by atoms with E-state index in [1.807, 2.05) is 24.3 Å². The number of rotatable bonds is 2. The second-order valence-corrected chi connectivity index (χ2v) is 6.99. The minimum Gasteiger partial charge on any atom is -0.434 e. The lowest BCUT2D eigenvalue weighted by molar-refractivity contribution is -0.226. The number of nitrogens with two attached hydrogens (primary N) is 1. The number of carbonyl (C=O) groups excluding carboxylic acids is 2. The maximum atomic E-state index is 12.7. The topological polar surface area (TPSA) is 72.6 Å². The number of esters is 1. The summed E-state index contributed by atoms with van der Waals surface area (Å²) in [5.41, 5.74) is 7.11. The van der Waals surface area contributed by atoms with Gasteiger partial charge in [0, 0.05) is 41.3 Å². The molecule has 1 amide bonds. The molecule has 24 heavy (non-hydrogen) atoms. The molecule has 5 heteroatoms. The lowest BCUT2D eigenvalue weighted by Gasteiger charge is -2.58. The van der Waals surface area contributed by atoms with Gasteiger partial charge in [-0.3, -0.25) is 14.5 Å². The third-order valence-corrected chi connectivity index (χ3v) is 6.03. The van der Waals surface area contributed by atoms with E-state index in [2.05, 4.69) is 6.92 Å². The van der Waals surface area contributed by atoms with Crippen LogP contribution in [0.3, 0.4) is 0 Å². The number of para-hydroxylation sites is 1. The molecular weight excluding hydrogens is 304 g/mol. The Morgan fingerprint density at radius 2 is 2.04 bits per heavy atom. The number of carbonyl (C=O) groups is 2. The molecular formula is C19H22N2O3. The molecule has 3 aliphatic heterocycles. The SMILES string of the molecule is CC[C@]12CCCN3C(=O)C=C(c4ccccc4N)[C@@]31OC(=O)CC2. The largest absolute Gasteiger partial charge is 0.434 e. The fourth-order valence-electron chi connectivity index (χ4n) is 4.85. The van der Waals surface area contributed by atoms with Gasteiger partial charge in [0.25, 0.3) is 0 Å². The maximum absolute atomic E-state index is 12.7. The van der Waals surface area contributed by atoms with Crippen molar-refractivity contribution in [1.29, 1.82) is 0 Å². The van der Waals surface area contributed by atoms with E-state index in [-0.39, 0.29) is 17.3 Å². The van der Waals surface area contributed by atoms with Gasteiger partial charge in [-0.05, 0) is 31.7 Å². The van der Waals surface area contributed by atoms with E-state index in [9.17, 15) is 9.59 Å². The second kappa shape index (κ2) is 5.10. The Morgan fingerprint density at radius 3 is 2.79 bits per heavy atom. The standard InChI is InChI=1S/C19H22N2O3/c1-2-18-9-5-11-21-16(22)12-14(13-6-3-4-7-15(13)20)19(18,21)24-17(23)8-10-18/h3-4,6-7,12H,2,5,8-11,20H2,1H3/t18-,19+/m1/s1. The molecule has 0 saturated carbocycles. The van der Waals surface area contributed by atoms with E-state index in [0.717, 1.165) is 36.8 Å². The first kappa shape index (κ1) is 15.2. The fraction of sp³-hybridized carbons (Fsp3) is 0.474. The van der Waals surface area contributed by atoms with Crippen LogP contribution in [0, 0.1) is 5.41 Å². The fourth-order valence-corrected chi connectivity index (χ4v) is 4.85. The molecule has 0 bridgehead atoms. The number of nitrogen functional groups attached to an aromatic ring is 1. The van der Waals surface area contributed by atoms with E-state index in [0.29, 0.717) is 18.7 Å². The normalized spacial score (nSPS) is 32.0. The molecule has 0 radical (unpaired) electrons. The Balaban J connectivity index is 1.96. The summed E-state index contributed by atoms with van der Waals surface area (Å²) in [6.07, 6.45) is 5.52. The number of ether oxygens (including phenoxy) is 1. The van der Waals surface area contributed by atoms with Crippen molar-refractivity contribution < 1.29 is 14.3 Å². The quantitative estimate of drug-likeness (QED) is 0.670. The van der Waals surface area contributed by atoms with Crippen LogP contribution in [-0.4, -0.2) is 29.0 Å². The summed E-state index contributed by atoms with van der Waals surface area (Å²) in [6.45, 7) is 2.74. The Morgan fingerprint density at radius 1 is 1.25 bits per heavy atom. The van der Waals surface area contributed by atoms with Gasteiger partial charge in [-0.15, -0.1) is 0 Å². The molecule has 5 nitrogen and oxygen atoms in total. The molecule has 2 atom stereocenters. The molecule has 2 N–H and O–H groups in total. The first-order valence-electron chi connectivity index (χ1n) is 8.64. The third kappa shape index (κ3) is 1.75. The number of hydrogen-bond acceptors (Lipinski definition) is 4. The third-order valence-electron chi connectivity index (χ3n) is 6.03. The van der Waals surface area contributed by atoms with Crippen LogP contribution in [0.25, 0.3) is 5.57 Å². The molecule has 1 aromatic carbocycles. The van der Waals surface area contributed by atoms with Crippen molar-refractivity contribution in [2.24, 2.45) is 5.41 Å². The minimum atomic E-state index is -0.998.